The summed E-state index contributed by atoms with van der Waals surface area (Å²) in [6.07, 6.45) is 1.41. The Morgan fingerprint density at radius 1 is 1.32 bits per heavy atom. The van der Waals surface area contributed by atoms with Crippen LogP contribution in [0.1, 0.15) is 36.7 Å². The molecule has 134 valence electrons. The standard InChI is InChI=1S/C19H23FN2O3/c1-19(2,3)16(11-23)22-18(24)14-7-8-17(21-10-14)25-12-13-5-4-6-15(20)9-13/h4-10,16,23H,11-12H2,1-3H3,(H,22,24)/t16-/m1/s1. The number of ether oxygens (including phenoxy) is 1. The molecule has 0 aliphatic rings. The van der Waals surface area contributed by atoms with Gasteiger partial charge in [-0.1, -0.05) is 32.9 Å². The first-order valence-corrected chi connectivity index (χ1v) is 8.04. The van der Waals surface area contributed by atoms with Crippen molar-refractivity contribution in [3.05, 3.63) is 59.5 Å². The van der Waals surface area contributed by atoms with Gasteiger partial charge in [-0.3, -0.25) is 4.79 Å². The Bertz CT molecular complexity index is 711. The first-order valence-electron chi connectivity index (χ1n) is 8.04. The number of pyridine rings is 1. The first kappa shape index (κ1) is 18.9. The van der Waals surface area contributed by atoms with E-state index in [1.807, 2.05) is 20.8 Å². The second-order valence-corrected chi connectivity index (χ2v) is 6.88. The van der Waals surface area contributed by atoms with Crippen LogP contribution in [0.25, 0.3) is 0 Å². The summed E-state index contributed by atoms with van der Waals surface area (Å²) in [5, 5.41) is 12.2. The summed E-state index contributed by atoms with van der Waals surface area (Å²) in [5.41, 5.74) is 0.812. The summed E-state index contributed by atoms with van der Waals surface area (Å²) in [6.45, 7) is 5.87. The van der Waals surface area contributed by atoms with Crippen molar-refractivity contribution >= 4 is 5.91 Å². The zero-order valence-electron chi connectivity index (χ0n) is 14.6. The Balaban J connectivity index is 1.96. The van der Waals surface area contributed by atoms with Gasteiger partial charge >= 0.3 is 0 Å². The lowest BCUT2D eigenvalue weighted by atomic mass is 9.87. The molecule has 2 N–H and O–H groups in total. The number of aliphatic hydroxyl groups excluding tert-OH is 1. The number of nitrogens with zero attached hydrogens (tertiary/aromatic N) is 1. The number of carbonyl (C=O) groups excluding carboxylic acids is 1. The normalized spacial score (nSPS) is 12.5. The lowest BCUT2D eigenvalue weighted by Crippen LogP contribution is -2.46. The Kier molecular flexibility index (Phi) is 6.09. The van der Waals surface area contributed by atoms with Crippen molar-refractivity contribution in [1.29, 1.82) is 0 Å². The quantitative estimate of drug-likeness (QED) is 0.844. The topological polar surface area (TPSA) is 71.5 Å². The monoisotopic (exact) mass is 346 g/mol. The highest BCUT2D eigenvalue weighted by Gasteiger charge is 2.25. The average Bonchev–Trinajstić information content (AvgIpc) is 2.57. The van der Waals surface area contributed by atoms with E-state index in [-0.39, 0.29) is 36.4 Å². The molecule has 1 amide bonds. The molecule has 0 unspecified atom stereocenters. The molecule has 0 fully saturated rings. The minimum absolute atomic E-state index is 0.141. The minimum Gasteiger partial charge on any atom is -0.473 e. The summed E-state index contributed by atoms with van der Waals surface area (Å²) in [5.74, 6) is -0.285. The van der Waals surface area contributed by atoms with Crippen LogP contribution in [-0.2, 0) is 6.61 Å². The number of halogens is 1. The van der Waals surface area contributed by atoms with Crippen LogP contribution in [0.2, 0.25) is 0 Å². The predicted octanol–water partition coefficient (Wildman–Crippen LogP) is 2.94. The number of nitrogens with one attached hydrogen (secondary N) is 1. The summed E-state index contributed by atoms with van der Waals surface area (Å²) in [7, 11) is 0. The molecule has 0 aliphatic carbocycles. The van der Waals surface area contributed by atoms with Crippen LogP contribution in [0.3, 0.4) is 0 Å². The molecule has 25 heavy (non-hydrogen) atoms. The van der Waals surface area contributed by atoms with Crippen molar-refractivity contribution in [2.75, 3.05) is 6.61 Å². The molecule has 0 radical (unpaired) electrons. The van der Waals surface area contributed by atoms with Crippen molar-refractivity contribution in [2.24, 2.45) is 5.41 Å². The van der Waals surface area contributed by atoms with E-state index in [9.17, 15) is 14.3 Å². The Labute approximate surface area is 146 Å². The smallest absolute Gasteiger partial charge is 0.253 e. The maximum atomic E-state index is 13.1. The van der Waals surface area contributed by atoms with Crippen LogP contribution >= 0.6 is 0 Å². The molecule has 2 aromatic rings. The average molecular weight is 346 g/mol. The third kappa shape index (κ3) is 5.53. The molecule has 0 saturated carbocycles. The van der Waals surface area contributed by atoms with Gasteiger partial charge in [0.05, 0.1) is 18.2 Å². The van der Waals surface area contributed by atoms with Crippen LogP contribution in [0.5, 0.6) is 5.88 Å². The second kappa shape index (κ2) is 8.07. The number of amides is 1. The molecular formula is C19H23FN2O3. The van der Waals surface area contributed by atoms with Gasteiger partial charge in [0.2, 0.25) is 5.88 Å². The van der Waals surface area contributed by atoms with Gasteiger partial charge in [-0.2, -0.15) is 0 Å². The molecule has 0 aliphatic heterocycles. The Hall–Kier alpha value is -2.47. The van der Waals surface area contributed by atoms with Gasteiger partial charge in [-0.25, -0.2) is 9.37 Å². The molecule has 1 aromatic carbocycles. The highest BCUT2D eigenvalue weighted by Crippen LogP contribution is 2.19. The SMILES string of the molecule is CC(C)(C)[C@@H](CO)NC(=O)c1ccc(OCc2cccc(F)c2)nc1. The second-order valence-electron chi connectivity index (χ2n) is 6.88. The lowest BCUT2D eigenvalue weighted by Gasteiger charge is -2.29. The van der Waals surface area contributed by atoms with Crippen LogP contribution in [0.4, 0.5) is 4.39 Å². The van der Waals surface area contributed by atoms with Gasteiger partial charge in [0.1, 0.15) is 12.4 Å². The first-order chi connectivity index (χ1) is 11.8. The fourth-order valence-corrected chi connectivity index (χ4v) is 2.16. The van der Waals surface area contributed by atoms with E-state index >= 15 is 0 Å². The fourth-order valence-electron chi connectivity index (χ4n) is 2.16. The summed E-state index contributed by atoms with van der Waals surface area (Å²) >= 11 is 0. The maximum Gasteiger partial charge on any atom is 0.253 e. The van der Waals surface area contributed by atoms with Crippen molar-refractivity contribution in [3.63, 3.8) is 0 Å². The van der Waals surface area contributed by atoms with E-state index in [0.717, 1.165) is 0 Å². The van der Waals surface area contributed by atoms with Gasteiger partial charge in [0, 0.05) is 12.3 Å². The number of carbonyl (C=O) groups is 1. The minimum atomic E-state index is -0.357. The molecule has 2 rings (SSSR count). The summed E-state index contributed by atoms with van der Waals surface area (Å²) in [6, 6.07) is 8.95. The van der Waals surface area contributed by atoms with E-state index in [0.29, 0.717) is 17.0 Å². The van der Waals surface area contributed by atoms with Crippen LogP contribution in [-0.4, -0.2) is 28.6 Å². The molecule has 5 nitrogen and oxygen atoms in total. The molecule has 1 heterocycles. The maximum absolute atomic E-state index is 13.1. The molecule has 0 saturated heterocycles. The van der Waals surface area contributed by atoms with E-state index in [1.165, 1.54) is 18.3 Å². The van der Waals surface area contributed by atoms with Gasteiger partial charge in [-0.05, 0) is 29.2 Å². The summed E-state index contributed by atoms with van der Waals surface area (Å²) in [4.78, 5) is 16.3. The lowest BCUT2D eigenvalue weighted by molar-refractivity contribution is 0.0847. The predicted molar refractivity (Wildman–Crippen MR) is 92.8 cm³/mol. The number of rotatable bonds is 6. The number of aromatic nitrogens is 1. The molecule has 0 bridgehead atoms. The summed E-state index contributed by atoms with van der Waals surface area (Å²) < 4.78 is 18.6. The van der Waals surface area contributed by atoms with E-state index < -0.39 is 0 Å². The molecular weight excluding hydrogens is 323 g/mol. The highest BCUT2D eigenvalue weighted by atomic mass is 19.1. The molecule has 0 spiro atoms. The third-order valence-electron chi connectivity index (χ3n) is 3.81. The number of hydrogen-bond donors (Lipinski definition) is 2. The van der Waals surface area contributed by atoms with Crippen LogP contribution in [0.15, 0.2) is 42.6 Å². The van der Waals surface area contributed by atoms with Crippen molar-refractivity contribution in [1.82, 2.24) is 10.3 Å². The van der Waals surface area contributed by atoms with Crippen molar-refractivity contribution in [2.45, 2.75) is 33.4 Å². The zero-order chi connectivity index (χ0) is 18.4. The van der Waals surface area contributed by atoms with Gasteiger partial charge in [-0.15, -0.1) is 0 Å². The number of benzene rings is 1. The van der Waals surface area contributed by atoms with E-state index in [1.54, 1.807) is 24.3 Å². The van der Waals surface area contributed by atoms with Gasteiger partial charge in [0.25, 0.3) is 5.91 Å². The van der Waals surface area contributed by atoms with Gasteiger partial charge < -0.3 is 15.2 Å². The fraction of sp³-hybridized carbons (Fsp3) is 0.368. The van der Waals surface area contributed by atoms with Crippen molar-refractivity contribution < 1.29 is 19.0 Å². The highest BCUT2D eigenvalue weighted by molar-refractivity contribution is 5.94. The van der Waals surface area contributed by atoms with Gasteiger partial charge in [0.15, 0.2) is 0 Å². The molecule has 6 heteroatoms. The van der Waals surface area contributed by atoms with E-state index in [2.05, 4.69) is 10.3 Å². The van der Waals surface area contributed by atoms with Crippen molar-refractivity contribution in [3.8, 4) is 5.88 Å². The zero-order valence-corrected chi connectivity index (χ0v) is 14.6. The van der Waals surface area contributed by atoms with E-state index in [4.69, 9.17) is 4.74 Å². The molecule has 1 atom stereocenters. The number of aliphatic hydroxyl groups is 1. The largest absolute Gasteiger partial charge is 0.473 e. The Morgan fingerprint density at radius 2 is 2.08 bits per heavy atom. The Morgan fingerprint density at radius 3 is 2.64 bits per heavy atom. The third-order valence-corrected chi connectivity index (χ3v) is 3.81. The molecule has 1 aromatic heterocycles. The van der Waals surface area contributed by atoms with Crippen LogP contribution in [0, 0.1) is 11.2 Å². The number of hydrogen-bond acceptors (Lipinski definition) is 4. The van der Waals surface area contributed by atoms with Crippen LogP contribution < -0.4 is 10.1 Å².